The molecular weight excluding hydrogens is 286 g/mol. The number of rotatable bonds is 2. The van der Waals surface area contributed by atoms with Gasteiger partial charge in [0.05, 0.1) is 10.2 Å². The number of para-hydroxylation sites is 1. The fourth-order valence-electron chi connectivity index (χ4n) is 1.09. The van der Waals surface area contributed by atoms with Gasteiger partial charge in [0, 0.05) is 11.1 Å². The van der Waals surface area contributed by atoms with Crippen molar-refractivity contribution in [3.8, 4) is 0 Å². The summed E-state index contributed by atoms with van der Waals surface area (Å²) in [5.41, 5.74) is 6.55. The van der Waals surface area contributed by atoms with Crippen LogP contribution in [0.5, 0.6) is 0 Å². The summed E-state index contributed by atoms with van der Waals surface area (Å²) >= 11 is 3.34. The summed E-state index contributed by atoms with van der Waals surface area (Å²) in [5.74, 6) is 0. The van der Waals surface area contributed by atoms with Crippen molar-refractivity contribution in [1.82, 2.24) is 9.71 Å². The van der Waals surface area contributed by atoms with Crippen LogP contribution in [-0.4, -0.2) is 16.1 Å². The van der Waals surface area contributed by atoms with Crippen LogP contribution in [0.2, 0.25) is 0 Å². The third kappa shape index (κ3) is 7.85. The van der Waals surface area contributed by atoms with Crippen LogP contribution in [0.3, 0.4) is 0 Å². The number of hydrogen-bond donors (Lipinski definition) is 2. The Morgan fingerprint density at radius 3 is 2.15 bits per heavy atom. The Hall–Kier alpha value is -0.620. The first-order valence-electron chi connectivity index (χ1n) is 6.63. The highest BCUT2D eigenvalue weighted by Crippen LogP contribution is 2.28. The zero-order valence-corrected chi connectivity index (χ0v) is 14.8. The van der Waals surface area contributed by atoms with Crippen LogP contribution < -0.4 is 10.5 Å². The Morgan fingerprint density at radius 1 is 1.10 bits per heavy atom. The van der Waals surface area contributed by atoms with Gasteiger partial charge in [-0.1, -0.05) is 12.1 Å². The van der Waals surface area contributed by atoms with Gasteiger partial charge in [-0.15, -0.1) is 11.3 Å². The monoisotopic (exact) mass is 311 g/mol. The van der Waals surface area contributed by atoms with Gasteiger partial charge < -0.3 is 5.73 Å². The second-order valence-electron chi connectivity index (χ2n) is 6.77. The minimum Gasteiger partial charge on any atom is -0.326 e. The molecule has 0 spiro atoms. The number of aromatic nitrogens is 1. The molecule has 20 heavy (non-hydrogen) atoms. The van der Waals surface area contributed by atoms with E-state index in [0.717, 1.165) is 9.86 Å². The Morgan fingerprint density at radius 2 is 1.65 bits per heavy atom. The zero-order chi connectivity index (χ0) is 15.4. The molecule has 0 radical (unpaired) electrons. The summed E-state index contributed by atoms with van der Waals surface area (Å²) in [6.07, 6.45) is 0. The lowest BCUT2D eigenvalue weighted by Crippen LogP contribution is -2.29. The predicted molar refractivity (Wildman–Crippen MR) is 92.3 cm³/mol. The zero-order valence-electron chi connectivity index (χ0n) is 13.2. The van der Waals surface area contributed by atoms with Crippen molar-refractivity contribution in [2.24, 2.45) is 5.73 Å². The van der Waals surface area contributed by atoms with Crippen molar-refractivity contribution in [2.45, 2.75) is 57.0 Å². The average Bonchev–Trinajstić information content (AvgIpc) is 2.65. The molecule has 0 atom stereocenters. The SMILES string of the molecule is CC(C)(C)N.CC(C)(C)NSc1nc2ccccc2s1. The predicted octanol–water partition coefficient (Wildman–Crippen LogP) is 4.44. The molecule has 0 saturated heterocycles. The molecule has 0 amide bonds. The smallest absolute Gasteiger partial charge is 0.166 e. The molecule has 1 aromatic carbocycles. The third-order valence-electron chi connectivity index (χ3n) is 1.72. The van der Waals surface area contributed by atoms with Gasteiger partial charge in [0.15, 0.2) is 4.34 Å². The van der Waals surface area contributed by atoms with Crippen LogP contribution in [0.4, 0.5) is 0 Å². The highest BCUT2D eigenvalue weighted by atomic mass is 32.2. The standard InChI is InChI=1S/C11H14N2S2.C4H11N/c1-11(2,3)13-15-10-12-8-6-4-5-7-9(8)14-10;1-4(2,3)5/h4-7,13H,1-3H3;5H2,1-3H3. The summed E-state index contributed by atoms with van der Waals surface area (Å²) in [6.45, 7) is 12.3. The normalized spacial score (nSPS) is 12.2. The summed E-state index contributed by atoms with van der Waals surface area (Å²) < 4.78 is 5.68. The second-order valence-corrected chi connectivity index (χ2v) is 8.85. The van der Waals surface area contributed by atoms with Gasteiger partial charge in [-0.05, 0) is 65.6 Å². The van der Waals surface area contributed by atoms with E-state index >= 15 is 0 Å². The van der Waals surface area contributed by atoms with E-state index in [9.17, 15) is 0 Å². The summed E-state index contributed by atoms with van der Waals surface area (Å²) in [6, 6.07) is 8.22. The molecule has 0 saturated carbocycles. The van der Waals surface area contributed by atoms with Crippen LogP contribution in [0.15, 0.2) is 28.6 Å². The van der Waals surface area contributed by atoms with Crippen molar-refractivity contribution in [3.05, 3.63) is 24.3 Å². The van der Waals surface area contributed by atoms with Crippen molar-refractivity contribution in [1.29, 1.82) is 0 Å². The van der Waals surface area contributed by atoms with Crippen molar-refractivity contribution < 1.29 is 0 Å². The number of nitrogens with one attached hydrogen (secondary N) is 1. The first-order chi connectivity index (χ1) is 9.04. The molecule has 0 aliphatic carbocycles. The third-order valence-corrected chi connectivity index (χ3v) is 4.03. The maximum atomic E-state index is 5.35. The molecule has 5 heteroatoms. The summed E-state index contributed by atoms with van der Waals surface area (Å²) in [7, 11) is 0. The molecule has 0 fully saturated rings. The van der Waals surface area contributed by atoms with Crippen molar-refractivity contribution >= 4 is 33.5 Å². The van der Waals surface area contributed by atoms with Gasteiger partial charge in [0.2, 0.25) is 0 Å². The molecule has 0 bridgehead atoms. The van der Waals surface area contributed by atoms with Gasteiger partial charge in [-0.25, -0.2) is 4.98 Å². The lowest BCUT2D eigenvalue weighted by molar-refractivity contribution is 0.535. The Balaban J connectivity index is 0.000000347. The molecule has 2 aromatic rings. The second kappa shape index (κ2) is 6.89. The first kappa shape index (κ1) is 17.4. The maximum Gasteiger partial charge on any atom is 0.166 e. The summed E-state index contributed by atoms with van der Waals surface area (Å²) in [4.78, 5) is 4.53. The molecule has 1 heterocycles. The number of nitrogens with two attached hydrogens (primary N) is 1. The lowest BCUT2D eigenvalue weighted by atomic mass is 10.1. The Kier molecular flexibility index (Phi) is 6.01. The van der Waals surface area contributed by atoms with E-state index < -0.39 is 0 Å². The van der Waals surface area contributed by atoms with E-state index in [-0.39, 0.29) is 11.1 Å². The van der Waals surface area contributed by atoms with E-state index in [0.29, 0.717) is 0 Å². The van der Waals surface area contributed by atoms with Crippen LogP contribution >= 0.6 is 23.3 Å². The van der Waals surface area contributed by atoms with Gasteiger partial charge >= 0.3 is 0 Å². The number of benzene rings is 1. The molecule has 3 N–H and O–H groups in total. The molecule has 0 unspecified atom stereocenters. The molecule has 3 nitrogen and oxygen atoms in total. The van der Waals surface area contributed by atoms with Crippen molar-refractivity contribution in [2.75, 3.05) is 0 Å². The minimum atomic E-state index is 0. The molecule has 0 aliphatic rings. The van der Waals surface area contributed by atoms with E-state index in [4.69, 9.17) is 5.73 Å². The van der Waals surface area contributed by atoms with Crippen LogP contribution in [0.25, 0.3) is 10.2 Å². The fraction of sp³-hybridized carbons (Fsp3) is 0.533. The van der Waals surface area contributed by atoms with Crippen molar-refractivity contribution in [3.63, 3.8) is 0 Å². The molecule has 1 aromatic heterocycles. The van der Waals surface area contributed by atoms with Gasteiger partial charge in [0.25, 0.3) is 0 Å². The van der Waals surface area contributed by atoms with E-state index in [1.165, 1.54) is 4.70 Å². The topological polar surface area (TPSA) is 50.9 Å². The molecule has 112 valence electrons. The van der Waals surface area contributed by atoms with Crippen LogP contribution in [-0.2, 0) is 0 Å². The van der Waals surface area contributed by atoms with Gasteiger partial charge in [-0.3, -0.25) is 4.72 Å². The van der Waals surface area contributed by atoms with Crippen LogP contribution in [0.1, 0.15) is 41.5 Å². The highest BCUT2D eigenvalue weighted by Gasteiger charge is 2.11. The highest BCUT2D eigenvalue weighted by molar-refractivity contribution is 7.99. The number of thiazole rings is 1. The Bertz CT molecular complexity index is 497. The molecule has 2 rings (SSSR count). The molecular formula is C15H25N3S2. The largest absolute Gasteiger partial charge is 0.326 e. The van der Waals surface area contributed by atoms with Gasteiger partial charge in [0.1, 0.15) is 0 Å². The summed E-state index contributed by atoms with van der Waals surface area (Å²) in [5, 5.41) is 0. The van der Waals surface area contributed by atoms with Crippen LogP contribution in [0, 0.1) is 0 Å². The maximum absolute atomic E-state index is 5.35. The first-order valence-corrected chi connectivity index (χ1v) is 8.26. The van der Waals surface area contributed by atoms with E-state index in [1.54, 1.807) is 23.3 Å². The number of fused-ring (bicyclic) bond motifs is 1. The number of hydrogen-bond acceptors (Lipinski definition) is 5. The lowest BCUT2D eigenvalue weighted by Gasteiger charge is -2.17. The van der Waals surface area contributed by atoms with E-state index in [2.05, 4.69) is 36.5 Å². The van der Waals surface area contributed by atoms with E-state index in [1.807, 2.05) is 39.0 Å². The minimum absolute atomic E-state index is 0. The molecule has 0 aliphatic heterocycles. The number of nitrogens with zero attached hydrogens (tertiary/aromatic N) is 1. The quantitative estimate of drug-likeness (QED) is 0.805. The fourth-order valence-corrected chi connectivity index (χ4v) is 2.89. The Labute approximate surface area is 130 Å². The average molecular weight is 312 g/mol. The van der Waals surface area contributed by atoms with Gasteiger partial charge in [-0.2, -0.15) is 0 Å².